The van der Waals surface area contributed by atoms with E-state index in [9.17, 15) is 9.59 Å². The van der Waals surface area contributed by atoms with Crippen molar-refractivity contribution in [2.24, 2.45) is 5.92 Å². The first kappa shape index (κ1) is 16.0. The Balaban J connectivity index is 2.09. The second-order valence-electron chi connectivity index (χ2n) is 5.17. The molecule has 1 saturated carbocycles. The predicted molar refractivity (Wildman–Crippen MR) is 73.7 cm³/mol. The van der Waals surface area contributed by atoms with Gasteiger partial charge in [0.25, 0.3) is 0 Å². The number of hydrogen-bond donors (Lipinski definition) is 2. The summed E-state index contributed by atoms with van der Waals surface area (Å²) in [7, 11) is 0. The van der Waals surface area contributed by atoms with E-state index < -0.39 is 0 Å². The van der Waals surface area contributed by atoms with Crippen molar-refractivity contribution in [2.45, 2.75) is 52.0 Å². The first-order valence-corrected chi connectivity index (χ1v) is 7.29. The van der Waals surface area contributed by atoms with Gasteiger partial charge < -0.3 is 15.4 Å². The van der Waals surface area contributed by atoms with Crippen LogP contribution >= 0.6 is 0 Å². The molecule has 0 bridgehead atoms. The molecular formula is C14H26N2O3. The van der Waals surface area contributed by atoms with Crippen molar-refractivity contribution in [3.8, 4) is 0 Å². The van der Waals surface area contributed by atoms with Gasteiger partial charge in [0, 0.05) is 12.6 Å². The molecule has 1 rings (SSSR count). The molecule has 2 N–H and O–H groups in total. The van der Waals surface area contributed by atoms with Crippen LogP contribution in [0.15, 0.2) is 0 Å². The van der Waals surface area contributed by atoms with Crippen molar-refractivity contribution in [2.75, 3.05) is 19.7 Å². The van der Waals surface area contributed by atoms with E-state index in [-0.39, 0.29) is 18.4 Å². The summed E-state index contributed by atoms with van der Waals surface area (Å²) >= 11 is 0. The Morgan fingerprint density at radius 1 is 1.26 bits per heavy atom. The van der Waals surface area contributed by atoms with Gasteiger partial charge in [0.1, 0.15) is 0 Å². The summed E-state index contributed by atoms with van der Waals surface area (Å²) in [6, 6.07) is 0.313. The minimum absolute atomic E-state index is 0.0163. The van der Waals surface area contributed by atoms with E-state index in [2.05, 4.69) is 17.6 Å². The van der Waals surface area contributed by atoms with Crippen LogP contribution in [0.3, 0.4) is 0 Å². The molecule has 0 aromatic rings. The van der Waals surface area contributed by atoms with E-state index in [1.807, 2.05) is 0 Å². The molecule has 5 nitrogen and oxygen atoms in total. The topological polar surface area (TPSA) is 67.4 Å². The van der Waals surface area contributed by atoms with E-state index in [1.165, 1.54) is 19.3 Å². The van der Waals surface area contributed by atoms with Crippen LogP contribution < -0.4 is 10.6 Å². The van der Waals surface area contributed by atoms with Crippen LogP contribution in [0.1, 0.15) is 46.0 Å². The van der Waals surface area contributed by atoms with E-state index in [0.717, 1.165) is 6.42 Å². The molecule has 1 amide bonds. The Bertz CT molecular complexity index is 294. The number of hydrogen-bond acceptors (Lipinski definition) is 4. The number of amides is 1. The standard InChI is InChI=1S/C14H26N2O3/c1-3-19-14(18)8-9-15-10-13(17)16-12-7-5-4-6-11(12)2/h11-12,15H,3-10H2,1-2H3,(H,16,17). The maximum Gasteiger partial charge on any atom is 0.307 e. The molecule has 110 valence electrons. The smallest absolute Gasteiger partial charge is 0.307 e. The SMILES string of the molecule is CCOC(=O)CCNCC(=O)NC1CCCCC1C. The van der Waals surface area contributed by atoms with Crippen molar-refractivity contribution in [3.05, 3.63) is 0 Å². The molecule has 1 aliphatic carbocycles. The highest BCUT2D eigenvalue weighted by molar-refractivity contribution is 5.78. The van der Waals surface area contributed by atoms with Crippen LogP contribution in [0.2, 0.25) is 0 Å². The van der Waals surface area contributed by atoms with Gasteiger partial charge in [-0.25, -0.2) is 0 Å². The van der Waals surface area contributed by atoms with Gasteiger partial charge in [-0.1, -0.05) is 19.8 Å². The largest absolute Gasteiger partial charge is 0.466 e. The first-order valence-electron chi connectivity index (χ1n) is 7.29. The zero-order chi connectivity index (χ0) is 14.1. The molecule has 1 aliphatic rings. The molecule has 0 aromatic carbocycles. The Morgan fingerprint density at radius 3 is 2.68 bits per heavy atom. The van der Waals surface area contributed by atoms with Crippen molar-refractivity contribution >= 4 is 11.9 Å². The highest BCUT2D eigenvalue weighted by Gasteiger charge is 2.22. The zero-order valence-corrected chi connectivity index (χ0v) is 12.0. The Morgan fingerprint density at radius 2 is 2.00 bits per heavy atom. The molecule has 0 aliphatic heterocycles. The van der Waals surface area contributed by atoms with Crippen molar-refractivity contribution in [1.82, 2.24) is 10.6 Å². The Kier molecular flexibility index (Phi) is 7.48. The third-order valence-electron chi connectivity index (χ3n) is 3.55. The molecular weight excluding hydrogens is 244 g/mol. The molecule has 1 fully saturated rings. The van der Waals surface area contributed by atoms with Gasteiger partial charge in [-0.2, -0.15) is 0 Å². The van der Waals surface area contributed by atoms with Crippen LogP contribution in [-0.4, -0.2) is 37.6 Å². The van der Waals surface area contributed by atoms with Crippen molar-refractivity contribution in [1.29, 1.82) is 0 Å². The van der Waals surface area contributed by atoms with E-state index in [0.29, 0.717) is 31.5 Å². The van der Waals surface area contributed by atoms with Crippen LogP contribution in [0.25, 0.3) is 0 Å². The van der Waals surface area contributed by atoms with E-state index in [1.54, 1.807) is 6.92 Å². The quantitative estimate of drug-likeness (QED) is 0.539. The highest BCUT2D eigenvalue weighted by Crippen LogP contribution is 2.23. The lowest BCUT2D eigenvalue weighted by atomic mass is 9.86. The number of esters is 1. The first-order chi connectivity index (χ1) is 9.13. The fourth-order valence-electron chi connectivity index (χ4n) is 2.41. The molecule has 0 aromatic heterocycles. The second kappa shape index (κ2) is 8.91. The average molecular weight is 270 g/mol. The lowest BCUT2D eigenvalue weighted by molar-refractivity contribution is -0.143. The van der Waals surface area contributed by atoms with Crippen LogP contribution in [0.4, 0.5) is 0 Å². The summed E-state index contributed by atoms with van der Waals surface area (Å²) in [5.41, 5.74) is 0. The maximum absolute atomic E-state index is 11.7. The molecule has 19 heavy (non-hydrogen) atoms. The number of nitrogens with one attached hydrogen (secondary N) is 2. The Labute approximate surface area is 115 Å². The molecule has 0 spiro atoms. The summed E-state index contributed by atoms with van der Waals surface area (Å²) in [4.78, 5) is 22.8. The van der Waals surface area contributed by atoms with Gasteiger partial charge in [0.05, 0.1) is 19.6 Å². The summed E-state index contributed by atoms with van der Waals surface area (Å²) in [6.45, 7) is 5.12. The third-order valence-corrected chi connectivity index (χ3v) is 3.55. The third kappa shape index (κ3) is 6.57. The van der Waals surface area contributed by atoms with Crippen LogP contribution in [-0.2, 0) is 14.3 Å². The minimum atomic E-state index is -0.226. The normalized spacial score (nSPS) is 22.8. The van der Waals surface area contributed by atoms with Gasteiger partial charge >= 0.3 is 5.97 Å². The van der Waals surface area contributed by atoms with Crippen LogP contribution in [0.5, 0.6) is 0 Å². The number of carbonyl (C=O) groups excluding carboxylic acids is 2. The maximum atomic E-state index is 11.7. The van der Waals surface area contributed by atoms with Gasteiger partial charge in [-0.15, -0.1) is 0 Å². The molecule has 0 saturated heterocycles. The number of carbonyl (C=O) groups is 2. The Hall–Kier alpha value is -1.10. The van der Waals surface area contributed by atoms with Gasteiger partial charge in [-0.3, -0.25) is 9.59 Å². The van der Waals surface area contributed by atoms with E-state index in [4.69, 9.17) is 4.74 Å². The lowest BCUT2D eigenvalue weighted by Gasteiger charge is -2.29. The molecule has 2 unspecified atom stereocenters. The van der Waals surface area contributed by atoms with Crippen LogP contribution in [0, 0.1) is 5.92 Å². The van der Waals surface area contributed by atoms with Crippen molar-refractivity contribution < 1.29 is 14.3 Å². The second-order valence-corrected chi connectivity index (χ2v) is 5.17. The zero-order valence-electron chi connectivity index (χ0n) is 12.0. The molecule has 2 atom stereocenters. The number of rotatable bonds is 7. The summed E-state index contributed by atoms with van der Waals surface area (Å²) in [6.07, 6.45) is 5.05. The minimum Gasteiger partial charge on any atom is -0.466 e. The number of ether oxygens (including phenoxy) is 1. The highest BCUT2D eigenvalue weighted by atomic mass is 16.5. The average Bonchev–Trinajstić information content (AvgIpc) is 2.38. The predicted octanol–water partition coefficient (Wildman–Crippen LogP) is 1.22. The van der Waals surface area contributed by atoms with Gasteiger partial charge in [0.2, 0.25) is 5.91 Å². The monoisotopic (exact) mass is 270 g/mol. The van der Waals surface area contributed by atoms with Gasteiger partial charge in [-0.05, 0) is 25.7 Å². The lowest BCUT2D eigenvalue weighted by Crippen LogP contribution is -2.44. The molecule has 0 heterocycles. The summed E-state index contributed by atoms with van der Waals surface area (Å²) < 4.78 is 4.81. The molecule has 0 radical (unpaired) electrons. The van der Waals surface area contributed by atoms with Crippen molar-refractivity contribution in [3.63, 3.8) is 0 Å². The summed E-state index contributed by atoms with van der Waals surface area (Å²) in [5, 5.41) is 6.03. The fraction of sp³-hybridized carbons (Fsp3) is 0.857. The van der Waals surface area contributed by atoms with Gasteiger partial charge in [0.15, 0.2) is 0 Å². The van der Waals surface area contributed by atoms with E-state index >= 15 is 0 Å². The molecule has 5 heteroatoms. The fourth-order valence-corrected chi connectivity index (χ4v) is 2.41. The summed E-state index contributed by atoms with van der Waals surface area (Å²) in [5.74, 6) is 0.358.